The highest BCUT2D eigenvalue weighted by Gasteiger charge is 2.34. The summed E-state index contributed by atoms with van der Waals surface area (Å²) in [6.45, 7) is 4.43. The van der Waals surface area contributed by atoms with Crippen molar-refractivity contribution < 1.29 is 13.2 Å². The monoisotopic (exact) mass is 290 g/mol. The van der Waals surface area contributed by atoms with E-state index in [0.717, 1.165) is 0 Å². The number of ether oxygens (including phenoxy) is 1. The lowest BCUT2D eigenvalue weighted by molar-refractivity contribution is -0.0170. The first kappa shape index (κ1) is 13.7. The van der Waals surface area contributed by atoms with Crippen molar-refractivity contribution in [1.82, 2.24) is 9.29 Å². The largest absolute Gasteiger partial charge is 0.375 e. The first-order valence-corrected chi connectivity index (χ1v) is 7.48. The maximum atomic E-state index is 12.5. The summed E-state index contributed by atoms with van der Waals surface area (Å²) in [6.07, 6.45) is 1.29. The minimum atomic E-state index is -3.54. The molecule has 7 heteroatoms. The van der Waals surface area contributed by atoms with Crippen molar-refractivity contribution in [3.8, 4) is 0 Å². The first-order chi connectivity index (χ1) is 8.41. The van der Waals surface area contributed by atoms with Crippen LogP contribution in [0.15, 0.2) is 23.2 Å². The summed E-state index contributed by atoms with van der Waals surface area (Å²) in [5, 5.41) is 0.171. The number of aromatic nitrogens is 1. The third kappa shape index (κ3) is 2.66. The minimum absolute atomic E-state index is 0.103. The standard InChI is InChI=1S/C11H15ClN2O3S/c1-8-7-17-9(2)6-14(8)18(15,16)10-3-4-13-11(12)5-10/h3-5,8-9H,6-7H2,1-2H3. The van der Waals surface area contributed by atoms with Gasteiger partial charge < -0.3 is 4.74 Å². The minimum Gasteiger partial charge on any atom is -0.375 e. The molecule has 1 aromatic heterocycles. The average Bonchev–Trinajstić information content (AvgIpc) is 2.32. The van der Waals surface area contributed by atoms with E-state index in [1.54, 1.807) is 0 Å². The van der Waals surface area contributed by atoms with Gasteiger partial charge >= 0.3 is 0 Å². The van der Waals surface area contributed by atoms with Gasteiger partial charge in [-0.25, -0.2) is 13.4 Å². The molecule has 0 aromatic carbocycles. The van der Waals surface area contributed by atoms with E-state index in [-0.39, 0.29) is 22.2 Å². The third-order valence-electron chi connectivity index (χ3n) is 2.86. The fraction of sp³-hybridized carbons (Fsp3) is 0.545. The molecule has 100 valence electrons. The van der Waals surface area contributed by atoms with Crippen LogP contribution in [0.5, 0.6) is 0 Å². The van der Waals surface area contributed by atoms with Crippen LogP contribution >= 0.6 is 11.6 Å². The lowest BCUT2D eigenvalue weighted by atomic mass is 10.2. The van der Waals surface area contributed by atoms with Gasteiger partial charge in [0.05, 0.1) is 17.6 Å². The third-order valence-corrected chi connectivity index (χ3v) is 5.04. The van der Waals surface area contributed by atoms with Crippen molar-refractivity contribution in [2.75, 3.05) is 13.2 Å². The zero-order valence-corrected chi connectivity index (χ0v) is 11.8. The highest BCUT2D eigenvalue weighted by Crippen LogP contribution is 2.23. The van der Waals surface area contributed by atoms with Crippen LogP contribution in [-0.4, -0.2) is 43.0 Å². The summed E-state index contributed by atoms with van der Waals surface area (Å²) in [4.78, 5) is 3.96. The number of sulfonamides is 1. The maximum Gasteiger partial charge on any atom is 0.243 e. The Labute approximate surface area is 112 Å². The summed E-state index contributed by atoms with van der Waals surface area (Å²) >= 11 is 5.74. The van der Waals surface area contributed by atoms with Crippen LogP contribution in [-0.2, 0) is 14.8 Å². The molecule has 0 bridgehead atoms. The second kappa shape index (κ2) is 5.13. The van der Waals surface area contributed by atoms with Gasteiger partial charge in [0, 0.05) is 18.8 Å². The Morgan fingerprint density at radius 2 is 2.22 bits per heavy atom. The maximum absolute atomic E-state index is 12.5. The number of hydrogen-bond donors (Lipinski definition) is 0. The molecule has 1 aliphatic heterocycles. The van der Waals surface area contributed by atoms with Gasteiger partial charge in [0.2, 0.25) is 10.0 Å². The van der Waals surface area contributed by atoms with Crippen LogP contribution in [0.1, 0.15) is 13.8 Å². The molecule has 0 saturated carbocycles. The molecule has 5 nitrogen and oxygen atoms in total. The quantitative estimate of drug-likeness (QED) is 0.775. The van der Waals surface area contributed by atoms with E-state index < -0.39 is 10.0 Å². The van der Waals surface area contributed by atoms with Gasteiger partial charge in [-0.2, -0.15) is 4.31 Å². The Kier molecular flexibility index (Phi) is 3.91. The summed E-state index contributed by atoms with van der Waals surface area (Å²) in [7, 11) is -3.54. The highest BCUT2D eigenvalue weighted by molar-refractivity contribution is 7.89. The predicted octanol–water partition coefficient (Wildman–Crippen LogP) is 1.53. The molecule has 1 aromatic rings. The van der Waals surface area contributed by atoms with Crippen LogP contribution in [0.2, 0.25) is 5.15 Å². The number of hydrogen-bond acceptors (Lipinski definition) is 4. The van der Waals surface area contributed by atoms with Crippen molar-refractivity contribution in [1.29, 1.82) is 0 Å². The van der Waals surface area contributed by atoms with Crippen molar-refractivity contribution in [2.24, 2.45) is 0 Å². The normalized spacial score (nSPS) is 26.2. The van der Waals surface area contributed by atoms with Crippen molar-refractivity contribution in [2.45, 2.75) is 30.9 Å². The number of rotatable bonds is 2. The van der Waals surface area contributed by atoms with E-state index in [0.29, 0.717) is 13.2 Å². The zero-order chi connectivity index (χ0) is 13.3. The second-order valence-corrected chi connectivity index (χ2v) is 6.66. The van der Waals surface area contributed by atoms with E-state index in [9.17, 15) is 8.42 Å². The fourth-order valence-corrected chi connectivity index (χ4v) is 3.83. The molecule has 1 saturated heterocycles. The van der Waals surface area contributed by atoms with Gasteiger partial charge in [-0.05, 0) is 26.0 Å². The molecule has 1 fully saturated rings. The summed E-state index contributed by atoms with van der Waals surface area (Å²) in [5.74, 6) is 0. The molecule has 0 spiro atoms. The molecular weight excluding hydrogens is 276 g/mol. The van der Waals surface area contributed by atoms with Gasteiger partial charge in [-0.1, -0.05) is 11.6 Å². The Morgan fingerprint density at radius 3 is 2.89 bits per heavy atom. The zero-order valence-electron chi connectivity index (χ0n) is 10.2. The van der Waals surface area contributed by atoms with Gasteiger partial charge in [0.15, 0.2) is 0 Å². The smallest absolute Gasteiger partial charge is 0.243 e. The molecule has 2 rings (SSSR count). The summed E-state index contributed by atoms with van der Waals surface area (Å²) in [6, 6.07) is 2.63. The predicted molar refractivity (Wildman–Crippen MR) is 68.0 cm³/mol. The van der Waals surface area contributed by atoms with E-state index in [2.05, 4.69) is 4.98 Å². The molecule has 2 atom stereocenters. The second-order valence-electron chi connectivity index (χ2n) is 4.38. The van der Waals surface area contributed by atoms with Crippen molar-refractivity contribution in [3.63, 3.8) is 0 Å². The summed E-state index contributed by atoms with van der Waals surface area (Å²) in [5.41, 5.74) is 0. The van der Waals surface area contributed by atoms with Crippen LogP contribution < -0.4 is 0 Å². The van der Waals surface area contributed by atoms with Crippen molar-refractivity contribution >= 4 is 21.6 Å². The molecular formula is C11H15ClN2O3S. The van der Waals surface area contributed by atoms with Gasteiger partial charge in [0.25, 0.3) is 0 Å². The van der Waals surface area contributed by atoms with Gasteiger partial charge in [-0.15, -0.1) is 0 Å². The fourth-order valence-electron chi connectivity index (χ4n) is 1.89. The van der Waals surface area contributed by atoms with Gasteiger partial charge in [-0.3, -0.25) is 0 Å². The lowest BCUT2D eigenvalue weighted by Gasteiger charge is -2.35. The van der Waals surface area contributed by atoms with Crippen LogP contribution in [0.4, 0.5) is 0 Å². The van der Waals surface area contributed by atoms with Crippen LogP contribution in [0, 0.1) is 0 Å². The molecule has 2 unspecified atom stereocenters. The Morgan fingerprint density at radius 1 is 1.50 bits per heavy atom. The van der Waals surface area contributed by atoms with E-state index >= 15 is 0 Å². The number of halogens is 1. The van der Waals surface area contributed by atoms with Crippen LogP contribution in [0.3, 0.4) is 0 Å². The number of nitrogens with zero attached hydrogens (tertiary/aromatic N) is 2. The van der Waals surface area contributed by atoms with Crippen LogP contribution in [0.25, 0.3) is 0 Å². The number of morpholine rings is 1. The summed E-state index contributed by atoms with van der Waals surface area (Å²) < 4.78 is 31.8. The molecule has 1 aliphatic rings. The van der Waals surface area contributed by atoms with E-state index in [1.807, 2.05) is 13.8 Å². The Bertz CT molecular complexity index is 535. The highest BCUT2D eigenvalue weighted by atomic mass is 35.5. The first-order valence-electron chi connectivity index (χ1n) is 5.66. The molecule has 2 heterocycles. The Hall–Kier alpha value is -0.690. The van der Waals surface area contributed by atoms with Gasteiger partial charge in [0.1, 0.15) is 5.15 Å². The van der Waals surface area contributed by atoms with Crippen molar-refractivity contribution in [3.05, 3.63) is 23.5 Å². The number of pyridine rings is 1. The molecule has 0 radical (unpaired) electrons. The van der Waals surface area contributed by atoms with E-state index in [4.69, 9.17) is 16.3 Å². The SMILES string of the molecule is CC1CN(S(=O)(=O)c2ccnc(Cl)c2)C(C)CO1. The molecule has 0 N–H and O–H groups in total. The lowest BCUT2D eigenvalue weighted by Crippen LogP contribution is -2.50. The Balaban J connectivity index is 2.35. The molecule has 18 heavy (non-hydrogen) atoms. The van der Waals surface area contributed by atoms with E-state index in [1.165, 1.54) is 22.6 Å². The topological polar surface area (TPSA) is 59.5 Å². The molecule has 0 aliphatic carbocycles. The molecule has 0 amide bonds. The average molecular weight is 291 g/mol.